The van der Waals surface area contributed by atoms with Crippen LogP contribution < -0.4 is 0 Å². The molecule has 1 nitrogen and oxygen atoms in total. The normalized spacial score (nSPS) is 16.7. The van der Waals surface area contributed by atoms with Crippen LogP contribution in [0, 0.1) is 0 Å². The molecule has 0 fully saturated rings. The van der Waals surface area contributed by atoms with E-state index in [-0.39, 0.29) is 0 Å². The second-order valence-electron chi connectivity index (χ2n) is 5.72. The van der Waals surface area contributed by atoms with Crippen LogP contribution in [0.15, 0.2) is 72.9 Å². The minimum Gasteiger partial charge on any atom is -0.256 e. The number of hydrogen-bond acceptors (Lipinski definition) is 1. The van der Waals surface area contributed by atoms with Gasteiger partial charge in [0.15, 0.2) is 0 Å². The van der Waals surface area contributed by atoms with E-state index in [2.05, 4.69) is 71.8 Å². The lowest BCUT2D eigenvalue weighted by Gasteiger charge is -2.08. The number of aromatic nitrogens is 1. The van der Waals surface area contributed by atoms with E-state index in [9.17, 15) is 0 Å². The molecule has 0 N–H and O–H groups in total. The SMILES string of the molecule is c1ccc(-c2cc3c(cn2)CC(c2ccccc2)C3)cc1. The first-order valence-electron chi connectivity index (χ1n) is 7.48. The third-order valence-corrected chi connectivity index (χ3v) is 4.36. The first kappa shape index (κ1) is 12.3. The van der Waals surface area contributed by atoms with Crippen molar-refractivity contribution in [3.8, 4) is 11.3 Å². The number of hydrogen-bond donors (Lipinski definition) is 0. The van der Waals surface area contributed by atoms with Crippen LogP contribution >= 0.6 is 0 Å². The molecule has 0 radical (unpaired) electrons. The van der Waals surface area contributed by atoms with Crippen molar-refractivity contribution in [3.05, 3.63) is 89.6 Å². The second-order valence-corrected chi connectivity index (χ2v) is 5.72. The summed E-state index contributed by atoms with van der Waals surface area (Å²) in [6, 6.07) is 23.5. The average Bonchev–Trinajstić information content (AvgIpc) is 2.99. The Morgan fingerprint density at radius 2 is 1.43 bits per heavy atom. The van der Waals surface area contributed by atoms with Crippen LogP contribution in [-0.4, -0.2) is 4.98 Å². The van der Waals surface area contributed by atoms with E-state index < -0.39 is 0 Å². The predicted molar refractivity (Wildman–Crippen MR) is 86.3 cm³/mol. The van der Waals surface area contributed by atoms with Crippen molar-refractivity contribution in [2.24, 2.45) is 0 Å². The molecule has 1 unspecified atom stereocenters. The van der Waals surface area contributed by atoms with Gasteiger partial charge in [0.05, 0.1) is 5.69 Å². The maximum absolute atomic E-state index is 4.65. The zero-order chi connectivity index (χ0) is 14.1. The molecule has 21 heavy (non-hydrogen) atoms. The second kappa shape index (κ2) is 5.17. The molecular weight excluding hydrogens is 254 g/mol. The molecule has 1 heterocycles. The monoisotopic (exact) mass is 271 g/mol. The Hall–Kier alpha value is -2.41. The van der Waals surface area contributed by atoms with Gasteiger partial charge >= 0.3 is 0 Å². The molecule has 102 valence electrons. The van der Waals surface area contributed by atoms with E-state index in [0.29, 0.717) is 5.92 Å². The largest absolute Gasteiger partial charge is 0.256 e. The average molecular weight is 271 g/mol. The van der Waals surface area contributed by atoms with Gasteiger partial charge in [-0.15, -0.1) is 0 Å². The van der Waals surface area contributed by atoms with Gasteiger partial charge in [0.25, 0.3) is 0 Å². The van der Waals surface area contributed by atoms with Gasteiger partial charge in [0, 0.05) is 11.8 Å². The van der Waals surface area contributed by atoms with E-state index >= 15 is 0 Å². The fourth-order valence-corrected chi connectivity index (χ4v) is 3.23. The van der Waals surface area contributed by atoms with Crippen molar-refractivity contribution >= 4 is 0 Å². The lowest BCUT2D eigenvalue weighted by Crippen LogP contribution is -1.96. The standard InChI is InChI=1S/C20H17N/c1-3-7-15(8-4-1)17-11-18-13-20(21-14-19(18)12-17)16-9-5-2-6-10-16/h1-10,13-14,17H,11-12H2. The van der Waals surface area contributed by atoms with E-state index in [1.54, 1.807) is 0 Å². The number of nitrogens with zero attached hydrogens (tertiary/aromatic N) is 1. The van der Waals surface area contributed by atoms with Gasteiger partial charge in [0.1, 0.15) is 0 Å². The molecule has 0 amide bonds. The van der Waals surface area contributed by atoms with E-state index in [1.807, 2.05) is 6.07 Å². The smallest absolute Gasteiger partial charge is 0.0704 e. The summed E-state index contributed by atoms with van der Waals surface area (Å²) in [6.45, 7) is 0. The molecule has 3 aromatic rings. The molecule has 0 aliphatic heterocycles. The minimum absolute atomic E-state index is 0.606. The summed E-state index contributed by atoms with van der Waals surface area (Å²) >= 11 is 0. The van der Waals surface area contributed by atoms with Crippen LogP contribution in [0.4, 0.5) is 0 Å². The van der Waals surface area contributed by atoms with Gasteiger partial charge in [-0.2, -0.15) is 0 Å². The third kappa shape index (κ3) is 2.36. The van der Waals surface area contributed by atoms with Crippen LogP contribution in [0.3, 0.4) is 0 Å². The summed E-state index contributed by atoms with van der Waals surface area (Å²) in [6.07, 6.45) is 4.31. The van der Waals surface area contributed by atoms with Crippen LogP contribution in [0.2, 0.25) is 0 Å². The summed E-state index contributed by atoms with van der Waals surface area (Å²) in [5.41, 5.74) is 6.59. The van der Waals surface area contributed by atoms with Crippen LogP contribution in [0.1, 0.15) is 22.6 Å². The Kier molecular flexibility index (Phi) is 3.04. The van der Waals surface area contributed by atoms with E-state index in [0.717, 1.165) is 18.5 Å². The zero-order valence-electron chi connectivity index (χ0n) is 11.9. The van der Waals surface area contributed by atoms with Gasteiger partial charge in [-0.25, -0.2) is 0 Å². The molecule has 4 rings (SSSR count). The Balaban J connectivity index is 1.65. The molecule has 0 bridgehead atoms. The Morgan fingerprint density at radius 1 is 0.762 bits per heavy atom. The quantitative estimate of drug-likeness (QED) is 0.662. The predicted octanol–water partition coefficient (Wildman–Crippen LogP) is 4.63. The maximum atomic E-state index is 4.65. The Labute approximate surface area is 125 Å². The number of fused-ring (bicyclic) bond motifs is 1. The van der Waals surface area contributed by atoms with Crippen LogP contribution in [0.25, 0.3) is 11.3 Å². The highest BCUT2D eigenvalue weighted by Crippen LogP contribution is 2.35. The maximum Gasteiger partial charge on any atom is 0.0704 e. The van der Waals surface area contributed by atoms with Gasteiger partial charge in [0.2, 0.25) is 0 Å². The van der Waals surface area contributed by atoms with Crippen molar-refractivity contribution in [3.63, 3.8) is 0 Å². The first-order chi connectivity index (χ1) is 10.4. The van der Waals surface area contributed by atoms with Crippen molar-refractivity contribution < 1.29 is 0 Å². The molecule has 2 aromatic carbocycles. The van der Waals surface area contributed by atoms with Gasteiger partial charge < -0.3 is 0 Å². The highest BCUT2D eigenvalue weighted by atomic mass is 14.7. The Morgan fingerprint density at radius 3 is 2.19 bits per heavy atom. The summed E-state index contributed by atoms with van der Waals surface area (Å²) < 4.78 is 0. The number of benzene rings is 2. The van der Waals surface area contributed by atoms with Crippen LogP contribution in [-0.2, 0) is 12.8 Å². The molecule has 0 spiro atoms. The minimum atomic E-state index is 0.606. The van der Waals surface area contributed by atoms with E-state index in [4.69, 9.17) is 0 Å². The summed E-state index contributed by atoms with van der Waals surface area (Å²) in [5, 5.41) is 0. The molecule has 1 heteroatoms. The summed E-state index contributed by atoms with van der Waals surface area (Å²) in [5.74, 6) is 0.606. The van der Waals surface area contributed by atoms with Gasteiger partial charge in [-0.3, -0.25) is 4.98 Å². The van der Waals surface area contributed by atoms with E-state index in [1.165, 1.54) is 22.3 Å². The highest BCUT2D eigenvalue weighted by molar-refractivity contribution is 5.60. The van der Waals surface area contributed by atoms with Crippen molar-refractivity contribution in [2.45, 2.75) is 18.8 Å². The van der Waals surface area contributed by atoms with Crippen molar-refractivity contribution in [2.75, 3.05) is 0 Å². The molecule has 1 aromatic heterocycles. The summed E-state index contributed by atoms with van der Waals surface area (Å²) in [7, 11) is 0. The van der Waals surface area contributed by atoms with Gasteiger partial charge in [-0.1, -0.05) is 60.7 Å². The van der Waals surface area contributed by atoms with Crippen molar-refractivity contribution in [1.82, 2.24) is 4.98 Å². The molecule has 1 atom stereocenters. The lowest BCUT2D eigenvalue weighted by atomic mass is 9.96. The van der Waals surface area contributed by atoms with Crippen molar-refractivity contribution in [1.29, 1.82) is 0 Å². The topological polar surface area (TPSA) is 12.9 Å². The molecule has 0 saturated heterocycles. The fourth-order valence-electron chi connectivity index (χ4n) is 3.23. The highest BCUT2D eigenvalue weighted by Gasteiger charge is 2.23. The number of rotatable bonds is 2. The first-order valence-corrected chi connectivity index (χ1v) is 7.48. The lowest BCUT2D eigenvalue weighted by molar-refractivity contribution is 0.741. The molecule has 0 saturated carbocycles. The zero-order valence-corrected chi connectivity index (χ0v) is 11.9. The molecular formula is C20H17N. The van der Waals surface area contributed by atoms with Gasteiger partial charge in [-0.05, 0) is 41.5 Å². The fraction of sp³-hybridized carbons (Fsp3) is 0.150. The molecule has 1 aliphatic rings. The molecule has 1 aliphatic carbocycles. The Bertz CT molecular complexity index is 747. The third-order valence-electron chi connectivity index (χ3n) is 4.36. The van der Waals surface area contributed by atoms with Crippen LogP contribution in [0.5, 0.6) is 0 Å². The number of pyridine rings is 1. The summed E-state index contributed by atoms with van der Waals surface area (Å²) in [4.78, 5) is 4.65.